The first kappa shape index (κ1) is 14.5. The molecule has 2 aromatic carbocycles. The number of rotatable bonds is 2. The van der Waals surface area contributed by atoms with E-state index in [2.05, 4.69) is 5.32 Å². The summed E-state index contributed by atoms with van der Waals surface area (Å²) in [4.78, 5) is 0. The van der Waals surface area contributed by atoms with E-state index in [-0.39, 0.29) is 17.5 Å². The van der Waals surface area contributed by atoms with Crippen molar-refractivity contribution in [1.29, 1.82) is 0 Å². The summed E-state index contributed by atoms with van der Waals surface area (Å²) in [6.45, 7) is 0.826. The van der Waals surface area contributed by atoms with Gasteiger partial charge in [0.05, 0.1) is 0 Å². The first-order chi connectivity index (χ1) is 10.0. The van der Waals surface area contributed by atoms with Crippen LogP contribution in [0.1, 0.15) is 22.7 Å². The fourth-order valence-corrected chi connectivity index (χ4v) is 3.24. The second-order valence-corrected chi connectivity index (χ2v) is 6.08. The molecule has 110 valence electrons. The Hall–Kier alpha value is -1.42. The van der Waals surface area contributed by atoms with Crippen molar-refractivity contribution in [3.63, 3.8) is 0 Å². The number of aromatic hydroxyl groups is 2. The molecule has 0 saturated carbocycles. The van der Waals surface area contributed by atoms with Crippen molar-refractivity contribution in [1.82, 2.24) is 5.32 Å². The lowest BCUT2D eigenvalue weighted by atomic mass is 9.90. The second kappa shape index (κ2) is 5.76. The van der Waals surface area contributed by atoms with E-state index in [0.717, 1.165) is 29.7 Å². The van der Waals surface area contributed by atoms with Crippen molar-refractivity contribution in [2.45, 2.75) is 18.9 Å². The smallest absolute Gasteiger partial charge is 0.157 e. The molecule has 0 amide bonds. The molecular formula is C16H15Cl2NO2. The third-order valence-corrected chi connectivity index (χ3v) is 4.42. The SMILES string of the molecule is Oc1cc2c(cc1O)C(Cc1ccc(Cl)cc1Cl)NCC2. The zero-order chi connectivity index (χ0) is 15.0. The molecule has 3 rings (SSSR count). The molecule has 21 heavy (non-hydrogen) atoms. The summed E-state index contributed by atoms with van der Waals surface area (Å²) < 4.78 is 0. The number of benzene rings is 2. The Morgan fingerprint density at radius 2 is 1.86 bits per heavy atom. The van der Waals surface area contributed by atoms with Crippen LogP contribution in [0.4, 0.5) is 0 Å². The first-order valence-electron chi connectivity index (χ1n) is 6.76. The lowest BCUT2D eigenvalue weighted by Crippen LogP contribution is -2.31. The maximum Gasteiger partial charge on any atom is 0.157 e. The van der Waals surface area contributed by atoms with E-state index in [4.69, 9.17) is 23.2 Å². The molecule has 3 nitrogen and oxygen atoms in total. The van der Waals surface area contributed by atoms with Gasteiger partial charge in [-0.3, -0.25) is 0 Å². The molecule has 1 aliphatic heterocycles. The lowest BCUT2D eigenvalue weighted by Gasteiger charge is -2.27. The fraction of sp³-hybridized carbons (Fsp3) is 0.250. The average molecular weight is 324 g/mol. The summed E-state index contributed by atoms with van der Waals surface area (Å²) in [6, 6.07) is 8.80. The Morgan fingerprint density at radius 3 is 2.62 bits per heavy atom. The molecule has 0 radical (unpaired) electrons. The molecule has 0 bridgehead atoms. The summed E-state index contributed by atoms with van der Waals surface area (Å²) in [7, 11) is 0. The lowest BCUT2D eigenvalue weighted by molar-refractivity contribution is 0.398. The van der Waals surface area contributed by atoms with Gasteiger partial charge in [0.25, 0.3) is 0 Å². The highest BCUT2D eigenvalue weighted by molar-refractivity contribution is 6.35. The summed E-state index contributed by atoms with van der Waals surface area (Å²) in [5.41, 5.74) is 3.06. The Kier molecular flexibility index (Phi) is 3.98. The van der Waals surface area contributed by atoms with Crippen molar-refractivity contribution in [3.8, 4) is 11.5 Å². The van der Waals surface area contributed by atoms with Crippen molar-refractivity contribution in [3.05, 3.63) is 57.1 Å². The number of phenolic OH excluding ortho intramolecular Hbond substituents is 2. The standard InChI is InChI=1S/C16H15Cl2NO2/c17-11-2-1-10(13(18)7-11)5-14-12-8-16(21)15(20)6-9(12)3-4-19-14/h1-2,6-8,14,19-21H,3-5H2. The van der Waals surface area contributed by atoms with Gasteiger partial charge >= 0.3 is 0 Å². The minimum atomic E-state index is -0.0929. The fourth-order valence-electron chi connectivity index (χ4n) is 2.76. The maximum absolute atomic E-state index is 9.73. The molecule has 0 fully saturated rings. The largest absolute Gasteiger partial charge is 0.504 e. The van der Waals surface area contributed by atoms with Crippen LogP contribution in [0, 0.1) is 0 Å². The maximum atomic E-state index is 9.73. The van der Waals surface area contributed by atoms with Gasteiger partial charge < -0.3 is 15.5 Å². The third-order valence-electron chi connectivity index (χ3n) is 3.84. The van der Waals surface area contributed by atoms with Crippen LogP contribution in [0.15, 0.2) is 30.3 Å². The highest BCUT2D eigenvalue weighted by Gasteiger charge is 2.22. The van der Waals surface area contributed by atoms with Gasteiger partial charge in [-0.1, -0.05) is 29.3 Å². The van der Waals surface area contributed by atoms with Crippen molar-refractivity contribution >= 4 is 23.2 Å². The van der Waals surface area contributed by atoms with Crippen molar-refractivity contribution in [2.75, 3.05) is 6.54 Å². The molecule has 1 atom stereocenters. The zero-order valence-electron chi connectivity index (χ0n) is 11.2. The number of phenols is 2. The average Bonchev–Trinajstić information content (AvgIpc) is 2.44. The summed E-state index contributed by atoms with van der Waals surface area (Å²) in [5.74, 6) is -0.163. The van der Waals surface area contributed by atoms with E-state index >= 15 is 0 Å². The van der Waals surface area contributed by atoms with Crippen LogP contribution in [-0.4, -0.2) is 16.8 Å². The van der Waals surface area contributed by atoms with Gasteiger partial charge in [-0.25, -0.2) is 0 Å². The molecule has 2 aromatic rings. The number of fused-ring (bicyclic) bond motifs is 1. The molecule has 1 aliphatic rings. The molecule has 1 unspecified atom stereocenters. The molecule has 0 saturated heterocycles. The van der Waals surface area contributed by atoms with Gasteiger partial charge in [-0.2, -0.15) is 0 Å². The second-order valence-electron chi connectivity index (χ2n) is 5.24. The van der Waals surface area contributed by atoms with Crippen LogP contribution in [0.3, 0.4) is 0 Å². The Bertz CT molecular complexity index is 688. The Balaban J connectivity index is 1.93. The van der Waals surface area contributed by atoms with E-state index < -0.39 is 0 Å². The van der Waals surface area contributed by atoms with Crippen LogP contribution in [0.2, 0.25) is 10.0 Å². The monoisotopic (exact) mass is 323 g/mol. The highest BCUT2D eigenvalue weighted by Crippen LogP contribution is 2.35. The molecule has 0 aliphatic carbocycles. The van der Waals surface area contributed by atoms with Gasteiger partial charge in [0.2, 0.25) is 0 Å². The van der Waals surface area contributed by atoms with Crippen LogP contribution in [0.5, 0.6) is 11.5 Å². The van der Waals surface area contributed by atoms with Crippen molar-refractivity contribution in [2.24, 2.45) is 0 Å². The van der Waals surface area contributed by atoms with Gasteiger partial charge in [-0.15, -0.1) is 0 Å². The number of hydrogen-bond acceptors (Lipinski definition) is 3. The molecule has 1 heterocycles. The number of nitrogens with one attached hydrogen (secondary N) is 1. The van der Waals surface area contributed by atoms with Crippen LogP contribution < -0.4 is 5.32 Å². The topological polar surface area (TPSA) is 52.5 Å². The summed E-state index contributed by atoms with van der Waals surface area (Å²) in [6.07, 6.45) is 1.53. The zero-order valence-corrected chi connectivity index (χ0v) is 12.7. The van der Waals surface area contributed by atoms with Crippen LogP contribution >= 0.6 is 23.2 Å². The quantitative estimate of drug-likeness (QED) is 0.736. The van der Waals surface area contributed by atoms with E-state index in [1.165, 1.54) is 0 Å². The minimum absolute atomic E-state index is 0.0546. The molecule has 0 spiro atoms. The number of hydrogen-bond donors (Lipinski definition) is 3. The van der Waals surface area contributed by atoms with Gasteiger partial charge in [0.1, 0.15) is 0 Å². The van der Waals surface area contributed by atoms with Crippen LogP contribution in [-0.2, 0) is 12.8 Å². The molecule has 5 heteroatoms. The van der Waals surface area contributed by atoms with Gasteiger partial charge in [0.15, 0.2) is 11.5 Å². The van der Waals surface area contributed by atoms with Gasteiger partial charge in [0, 0.05) is 16.1 Å². The van der Waals surface area contributed by atoms with E-state index in [9.17, 15) is 10.2 Å². The minimum Gasteiger partial charge on any atom is -0.504 e. The summed E-state index contributed by atoms with van der Waals surface area (Å²) in [5, 5.41) is 24.0. The first-order valence-corrected chi connectivity index (χ1v) is 7.52. The third kappa shape index (κ3) is 2.95. The normalized spacial score (nSPS) is 17.5. The Labute approximate surface area is 133 Å². The summed E-state index contributed by atoms with van der Waals surface area (Å²) >= 11 is 12.1. The molecule has 3 N–H and O–H groups in total. The van der Waals surface area contributed by atoms with E-state index in [1.54, 1.807) is 18.2 Å². The number of halogens is 2. The molecular weight excluding hydrogens is 309 g/mol. The van der Waals surface area contributed by atoms with E-state index in [0.29, 0.717) is 16.5 Å². The van der Waals surface area contributed by atoms with E-state index in [1.807, 2.05) is 12.1 Å². The predicted molar refractivity (Wildman–Crippen MR) is 84.4 cm³/mol. The molecule has 0 aromatic heterocycles. The Morgan fingerprint density at radius 1 is 1.10 bits per heavy atom. The van der Waals surface area contributed by atoms with Crippen LogP contribution in [0.25, 0.3) is 0 Å². The highest BCUT2D eigenvalue weighted by atomic mass is 35.5. The van der Waals surface area contributed by atoms with Crippen molar-refractivity contribution < 1.29 is 10.2 Å². The van der Waals surface area contributed by atoms with Gasteiger partial charge in [-0.05, 0) is 60.3 Å². The predicted octanol–water partition coefficient (Wildman–Crippen LogP) is 3.83.